The van der Waals surface area contributed by atoms with Gasteiger partial charge in [-0.05, 0) is 37.5 Å². The van der Waals surface area contributed by atoms with Gasteiger partial charge in [-0.25, -0.2) is 9.97 Å². The fourth-order valence-corrected chi connectivity index (χ4v) is 4.07. The molecule has 2 aliphatic rings. The van der Waals surface area contributed by atoms with E-state index >= 15 is 0 Å². The van der Waals surface area contributed by atoms with E-state index in [1.54, 1.807) is 36.9 Å². The molecule has 0 aliphatic carbocycles. The van der Waals surface area contributed by atoms with Gasteiger partial charge in [-0.2, -0.15) is 0 Å². The van der Waals surface area contributed by atoms with E-state index in [4.69, 9.17) is 0 Å². The Labute approximate surface area is 160 Å². The van der Waals surface area contributed by atoms with Crippen molar-refractivity contribution in [1.82, 2.24) is 24.8 Å². The fraction of sp³-hybridized carbons (Fsp3) is 0.500. The summed E-state index contributed by atoms with van der Waals surface area (Å²) in [5.41, 5.74) is 0.733. The number of amides is 1. The molecule has 7 heteroatoms. The van der Waals surface area contributed by atoms with Crippen LogP contribution >= 0.6 is 0 Å². The van der Waals surface area contributed by atoms with Crippen LogP contribution in [0.4, 0.5) is 5.95 Å². The van der Waals surface area contributed by atoms with Gasteiger partial charge in [0.25, 0.3) is 5.91 Å². The summed E-state index contributed by atoms with van der Waals surface area (Å²) in [5.74, 6) is 0.955. The summed E-state index contributed by atoms with van der Waals surface area (Å²) in [6.45, 7) is 5.75. The van der Waals surface area contributed by atoms with E-state index < -0.39 is 0 Å². The number of likely N-dealkylation sites (tertiary alicyclic amines) is 1. The van der Waals surface area contributed by atoms with Crippen LogP contribution in [-0.2, 0) is 0 Å². The molecule has 2 aliphatic heterocycles. The quantitative estimate of drug-likeness (QED) is 0.824. The first-order valence-electron chi connectivity index (χ1n) is 9.76. The minimum absolute atomic E-state index is 0.124. The summed E-state index contributed by atoms with van der Waals surface area (Å²) in [6, 6.07) is 6.00. The first-order valence-corrected chi connectivity index (χ1v) is 9.76. The third kappa shape index (κ3) is 4.24. The monoisotopic (exact) mass is 366 g/mol. The maximum Gasteiger partial charge on any atom is 0.253 e. The molecule has 4 rings (SSSR count). The second kappa shape index (κ2) is 8.43. The van der Waals surface area contributed by atoms with Gasteiger partial charge in [0.2, 0.25) is 5.95 Å². The number of rotatable bonds is 3. The summed E-state index contributed by atoms with van der Waals surface area (Å²) in [4.78, 5) is 32.2. The molecule has 2 fully saturated rings. The molecule has 2 saturated heterocycles. The Morgan fingerprint density at radius 2 is 1.63 bits per heavy atom. The van der Waals surface area contributed by atoms with Crippen LogP contribution in [0.3, 0.4) is 0 Å². The average Bonchev–Trinajstić information content (AvgIpc) is 3.01. The Morgan fingerprint density at radius 1 is 0.889 bits per heavy atom. The topological polar surface area (TPSA) is 65.5 Å². The summed E-state index contributed by atoms with van der Waals surface area (Å²) in [5, 5.41) is 0. The Hall–Kier alpha value is -2.54. The van der Waals surface area contributed by atoms with Crippen molar-refractivity contribution in [1.29, 1.82) is 0 Å². The molecule has 0 N–H and O–H groups in total. The van der Waals surface area contributed by atoms with Gasteiger partial charge in [-0.1, -0.05) is 0 Å². The third-order valence-corrected chi connectivity index (χ3v) is 5.56. The number of aromatic nitrogens is 3. The molecule has 7 nitrogen and oxygen atoms in total. The molecule has 0 atom stereocenters. The molecule has 0 bridgehead atoms. The van der Waals surface area contributed by atoms with Crippen molar-refractivity contribution < 1.29 is 4.79 Å². The lowest BCUT2D eigenvalue weighted by Gasteiger charge is -2.38. The van der Waals surface area contributed by atoms with Gasteiger partial charge in [-0.3, -0.25) is 14.7 Å². The van der Waals surface area contributed by atoms with Gasteiger partial charge in [0.1, 0.15) is 0 Å². The molecule has 1 amide bonds. The van der Waals surface area contributed by atoms with Crippen molar-refractivity contribution in [2.75, 3.05) is 44.2 Å². The zero-order valence-corrected chi connectivity index (χ0v) is 15.6. The van der Waals surface area contributed by atoms with Gasteiger partial charge in [-0.15, -0.1) is 0 Å². The average molecular weight is 366 g/mol. The molecular weight excluding hydrogens is 340 g/mol. The van der Waals surface area contributed by atoms with Crippen LogP contribution in [0.25, 0.3) is 0 Å². The molecule has 0 aromatic carbocycles. The van der Waals surface area contributed by atoms with E-state index in [0.717, 1.165) is 70.0 Å². The van der Waals surface area contributed by atoms with Crippen molar-refractivity contribution in [3.8, 4) is 0 Å². The van der Waals surface area contributed by atoms with Crippen molar-refractivity contribution in [3.63, 3.8) is 0 Å². The maximum atomic E-state index is 12.6. The Balaban J connectivity index is 1.30. The fourth-order valence-electron chi connectivity index (χ4n) is 4.07. The number of carbonyl (C=O) groups excluding carboxylic acids is 1. The van der Waals surface area contributed by atoms with E-state index in [2.05, 4.69) is 24.8 Å². The van der Waals surface area contributed by atoms with Crippen molar-refractivity contribution in [3.05, 3.63) is 48.5 Å². The van der Waals surface area contributed by atoms with E-state index in [-0.39, 0.29) is 5.91 Å². The Kier molecular flexibility index (Phi) is 5.58. The molecule has 2 aromatic rings. The van der Waals surface area contributed by atoms with Gasteiger partial charge >= 0.3 is 0 Å². The highest BCUT2D eigenvalue weighted by atomic mass is 16.2. The standard InChI is InChI=1S/C20H26N6O/c27-19(17-3-9-21-10-4-17)25-13-5-18(6-14-25)24-11-2-12-26(16-15-24)20-22-7-1-8-23-20/h1,3-4,7-10,18H,2,5-6,11-16H2. The Bertz CT molecular complexity index is 733. The lowest BCUT2D eigenvalue weighted by atomic mass is 10.0. The van der Waals surface area contributed by atoms with E-state index in [1.165, 1.54) is 0 Å². The molecule has 0 unspecified atom stereocenters. The lowest BCUT2D eigenvalue weighted by Crippen LogP contribution is -2.47. The molecule has 4 heterocycles. The van der Waals surface area contributed by atoms with Crippen LogP contribution in [0.15, 0.2) is 43.0 Å². The Morgan fingerprint density at radius 3 is 2.37 bits per heavy atom. The summed E-state index contributed by atoms with van der Waals surface area (Å²) in [6.07, 6.45) is 10.2. The number of hydrogen-bond acceptors (Lipinski definition) is 6. The highest BCUT2D eigenvalue weighted by molar-refractivity contribution is 5.94. The van der Waals surface area contributed by atoms with Crippen molar-refractivity contribution >= 4 is 11.9 Å². The van der Waals surface area contributed by atoms with Crippen LogP contribution in [-0.4, -0.2) is 76.0 Å². The van der Waals surface area contributed by atoms with E-state index in [0.29, 0.717) is 6.04 Å². The minimum atomic E-state index is 0.124. The van der Waals surface area contributed by atoms with Crippen LogP contribution < -0.4 is 4.90 Å². The largest absolute Gasteiger partial charge is 0.339 e. The second-order valence-corrected chi connectivity index (χ2v) is 7.18. The van der Waals surface area contributed by atoms with Crippen LogP contribution in [0, 0.1) is 0 Å². The van der Waals surface area contributed by atoms with Crippen molar-refractivity contribution in [2.45, 2.75) is 25.3 Å². The van der Waals surface area contributed by atoms with Crippen LogP contribution in [0.1, 0.15) is 29.6 Å². The molecule has 0 saturated carbocycles. The number of anilines is 1. The number of piperidine rings is 1. The van der Waals surface area contributed by atoms with E-state index in [9.17, 15) is 4.79 Å². The predicted octanol–water partition coefficient (Wildman–Crippen LogP) is 1.69. The molecule has 0 spiro atoms. The zero-order chi connectivity index (χ0) is 18.5. The summed E-state index contributed by atoms with van der Waals surface area (Å²) < 4.78 is 0. The molecule has 2 aromatic heterocycles. The van der Waals surface area contributed by atoms with Crippen LogP contribution in [0.2, 0.25) is 0 Å². The number of pyridine rings is 1. The normalized spacial score (nSPS) is 19.7. The summed E-state index contributed by atoms with van der Waals surface area (Å²) in [7, 11) is 0. The summed E-state index contributed by atoms with van der Waals surface area (Å²) >= 11 is 0. The van der Waals surface area contributed by atoms with Gasteiger partial charge in [0.15, 0.2) is 0 Å². The first kappa shape index (κ1) is 17.9. The second-order valence-electron chi connectivity index (χ2n) is 7.18. The highest BCUT2D eigenvalue weighted by Crippen LogP contribution is 2.20. The maximum absolute atomic E-state index is 12.6. The van der Waals surface area contributed by atoms with Crippen LogP contribution in [0.5, 0.6) is 0 Å². The smallest absolute Gasteiger partial charge is 0.253 e. The van der Waals surface area contributed by atoms with E-state index in [1.807, 2.05) is 11.0 Å². The number of carbonyl (C=O) groups is 1. The van der Waals surface area contributed by atoms with Gasteiger partial charge < -0.3 is 9.80 Å². The van der Waals surface area contributed by atoms with Gasteiger partial charge in [0.05, 0.1) is 0 Å². The first-order chi connectivity index (χ1) is 13.3. The molecule has 27 heavy (non-hydrogen) atoms. The minimum Gasteiger partial charge on any atom is -0.339 e. The lowest BCUT2D eigenvalue weighted by molar-refractivity contribution is 0.0627. The number of hydrogen-bond donors (Lipinski definition) is 0. The zero-order valence-electron chi connectivity index (χ0n) is 15.6. The third-order valence-electron chi connectivity index (χ3n) is 5.56. The molecule has 142 valence electrons. The van der Waals surface area contributed by atoms with Gasteiger partial charge in [0, 0.05) is 75.7 Å². The van der Waals surface area contributed by atoms with Crippen molar-refractivity contribution in [2.24, 2.45) is 0 Å². The number of nitrogens with zero attached hydrogens (tertiary/aromatic N) is 6. The highest BCUT2D eigenvalue weighted by Gasteiger charge is 2.28. The predicted molar refractivity (Wildman–Crippen MR) is 104 cm³/mol. The SMILES string of the molecule is O=C(c1ccncc1)N1CCC(N2CCCN(c3ncccn3)CC2)CC1. The molecule has 0 radical (unpaired) electrons. The molecular formula is C20H26N6O.